The van der Waals surface area contributed by atoms with Crippen molar-refractivity contribution in [3.05, 3.63) is 70.3 Å². The van der Waals surface area contributed by atoms with Crippen LogP contribution >= 0.6 is 0 Å². The zero-order chi connectivity index (χ0) is 16.4. The van der Waals surface area contributed by atoms with Crippen LogP contribution in [-0.2, 0) is 19.4 Å². The zero-order valence-electron chi connectivity index (χ0n) is 13.1. The number of hydrogen-bond donors (Lipinski definition) is 1. The minimum Gasteiger partial charge on any atom is -0.478 e. The molecule has 1 heterocycles. The predicted molar refractivity (Wildman–Crippen MR) is 87.7 cm³/mol. The minimum atomic E-state index is -0.949. The van der Waals surface area contributed by atoms with Crippen molar-refractivity contribution in [1.82, 2.24) is 4.90 Å². The van der Waals surface area contributed by atoms with E-state index in [1.807, 2.05) is 12.1 Å². The van der Waals surface area contributed by atoms with Crippen LogP contribution < -0.4 is 0 Å². The third-order valence-electron chi connectivity index (χ3n) is 4.30. The molecule has 0 aromatic heterocycles. The van der Waals surface area contributed by atoms with Gasteiger partial charge in [0.05, 0.1) is 5.56 Å². The van der Waals surface area contributed by atoms with E-state index in [2.05, 4.69) is 19.1 Å². The summed E-state index contributed by atoms with van der Waals surface area (Å²) in [6.45, 7) is 3.18. The molecule has 0 saturated carbocycles. The Balaban J connectivity index is 1.83. The molecule has 1 amide bonds. The van der Waals surface area contributed by atoms with Crippen LogP contribution in [0.4, 0.5) is 0 Å². The van der Waals surface area contributed by atoms with Crippen molar-refractivity contribution in [1.29, 1.82) is 0 Å². The Morgan fingerprint density at radius 3 is 2.74 bits per heavy atom. The number of amides is 1. The first-order valence-corrected chi connectivity index (χ1v) is 7.82. The SMILES string of the molecule is CCc1ccc2c(c1)C(=O)N(Cc1cccc(C(=O)O)c1)CC2. The average Bonchev–Trinajstić information content (AvgIpc) is 2.57. The molecule has 4 heteroatoms. The Hall–Kier alpha value is -2.62. The Kier molecular flexibility index (Phi) is 4.15. The summed E-state index contributed by atoms with van der Waals surface area (Å²) in [5.41, 5.74) is 4.13. The van der Waals surface area contributed by atoms with Crippen LogP contribution in [-0.4, -0.2) is 28.4 Å². The maximum atomic E-state index is 12.7. The fraction of sp³-hybridized carbons (Fsp3) is 0.263. The molecule has 0 saturated heterocycles. The molecule has 1 aliphatic heterocycles. The fourth-order valence-electron chi connectivity index (χ4n) is 2.96. The number of carboxylic acid groups (broad SMARTS) is 1. The third-order valence-corrected chi connectivity index (χ3v) is 4.30. The molecule has 1 N–H and O–H groups in total. The van der Waals surface area contributed by atoms with Crippen molar-refractivity contribution in [2.75, 3.05) is 6.54 Å². The zero-order valence-corrected chi connectivity index (χ0v) is 13.1. The van der Waals surface area contributed by atoms with Gasteiger partial charge in [0.15, 0.2) is 0 Å². The Bertz CT molecular complexity index is 767. The molecule has 2 aromatic carbocycles. The number of fused-ring (bicyclic) bond motifs is 1. The predicted octanol–water partition coefficient (Wildman–Crippen LogP) is 3.15. The van der Waals surface area contributed by atoms with Crippen molar-refractivity contribution in [3.8, 4) is 0 Å². The molecule has 0 spiro atoms. The normalized spacial score (nSPS) is 13.8. The molecule has 0 fully saturated rings. The average molecular weight is 309 g/mol. The van der Waals surface area contributed by atoms with Crippen molar-refractivity contribution in [2.45, 2.75) is 26.3 Å². The molecule has 23 heavy (non-hydrogen) atoms. The number of aromatic carboxylic acids is 1. The number of carbonyl (C=O) groups is 2. The number of aryl methyl sites for hydroxylation is 1. The molecular formula is C19H19NO3. The smallest absolute Gasteiger partial charge is 0.335 e. The van der Waals surface area contributed by atoms with E-state index in [1.54, 1.807) is 23.1 Å². The summed E-state index contributed by atoms with van der Waals surface area (Å²) < 4.78 is 0. The quantitative estimate of drug-likeness (QED) is 0.944. The van der Waals surface area contributed by atoms with Gasteiger partial charge in [-0.2, -0.15) is 0 Å². The van der Waals surface area contributed by atoms with Gasteiger partial charge < -0.3 is 10.0 Å². The van der Waals surface area contributed by atoms with Gasteiger partial charge in [0.25, 0.3) is 5.91 Å². The highest BCUT2D eigenvalue weighted by atomic mass is 16.4. The van der Waals surface area contributed by atoms with Gasteiger partial charge in [-0.05, 0) is 47.7 Å². The monoisotopic (exact) mass is 309 g/mol. The summed E-state index contributed by atoms with van der Waals surface area (Å²) in [7, 11) is 0. The number of carboxylic acids is 1. The Morgan fingerprint density at radius 2 is 2.00 bits per heavy atom. The lowest BCUT2D eigenvalue weighted by atomic mass is 9.95. The number of carbonyl (C=O) groups excluding carboxylic acids is 1. The number of rotatable bonds is 4. The van der Waals surface area contributed by atoms with Crippen LogP contribution in [0.5, 0.6) is 0 Å². The molecule has 0 atom stereocenters. The first kappa shape index (κ1) is 15.3. The standard InChI is InChI=1S/C19H19NO3/c1-2-13-6-7-15-8-9-20(18(21)17(15)11-13)12-14-4-3-5-16(10-14)19(22)23/h3-7,10-11H,2,8-9,12H2,1H3,(H,22,23). The van der Waals surface area contributed by atoms with E-state index in [0.29, 0.717) is 13.1 Å². The summed E-state index contributed by atoms with van der Waals surface area (Å²) in [6.07, 6.45) is 1.74. The maximum absolute atomic E-state index is 12.7. The molecule has 0 aliphatic carbocycles. The first-order valence-electron chi connectivity index (χ1n) is 7.82. The fourth-order valence-corrected chi connectivity index (χ4v) is 2.96. The molecule has 0 radical (unpaired) electrons. The molecule has 4 nitrogen and oxygen atoms in total. The second-order valence-corrected chi connectivity index (χ2v) is 5.83. The van der Waals surface area contributed by atoms with E-state index in [1.165, 1.54) is 0 Å². The molecule has 2 aromatic rings. The summed E-state index contributed by atoms with van der Waals surface area (Å²) in [6, 6.07) is 12.9. The topological polar surface area (TPSA) is 57.6 Å². The lowest BCUT2D eigenvalue weighted by Gasteiger charge is -2.29. The van der Waals surface area contributed by atoms with E-state index in [9.17, 15) is 9.59 Å². The van der Waals surface area contributed by atoms with Gasteiger partial charge >= 0.3 is 5.97 Å². The van der Waals surface area contributed by atoms with Gasteiger partial charge in [0.2, 0.25) is 0 Å². The van der Waals surface area contributed by atoms with Gasteiger partial charge in [-0.1, -0.05) is 31.2 Å². The van der Waals surface area contributed by atoms with Crippen molar-refractivity contribution in [3.63, 3.8) is 0 Å². The van der Waals surface area contributed by atoms with E-state index in [0.717, 1.165) is 35.1 Å². The van der Waals surface area contributed by atoms with E-state index < -0.39 is 5.97 Å². The Morgan fingerprint density at radius 1 is 1.17 bits per heavy atom. The van der Waals surface area contributed by atoms with Crippen LogP contribution in [0.3, 0.4) is 0 Å². The summed E-state index contributed by atoms with van der Waals surface area (Å²) >= 11 is 0. The lowest BCUT2D eigenvalue weighted by Crippen LogP contribution is -2.37. The van der Waals surface area contributed by atoms with Gasteiger partial charge in [0.1, 0.15) is 0 Å². The number of nitrogens with zero attached hydrogens (tertiary/aromatic N) is 1. The highest BCUT2D eigenvalue weighted by Crippen LogP contribution is 2.22. The van der Waals surface area contributed by atoms with Crippen LogP contribution in [0.15, 0.2) is 42.5 Å². The van der Waals surface area contributed by atoms with Gasteiger partial charge in [-0.3, -0.25) is 4.79 Å². The van der Waals surface area contributed by atoms with Crippen LogP contribution in [0, 0.1) is 0 Å². The largest absolute Gasteiger partial charge is 0.478 e. The van der Waals surface area contributed by atoms with Crippen LogP contribution in [0.1, 0.15) is 44.3 Å². The van der Waals surface area contributed by atoms with E-state index in [-0.39, 0.29) is 11.5 Å². The molecule has 118 valence electrons. The second-order valence-electron chi connectivity index (χ2n) is 5.83. The number of hydrogen-bond acceptors (Lipinski definition) is 2. The molecule has 1 aliphatic rings. The van der Waals surface area contributed by atoms with Gasteiger partial charge in [0, 0.05) is 18.7 Å². The minimum absolute atomic E-state index is 0.0299. The molecule has 0 bridgehead atoms. The Labute approximate surface area is 135 Å². The summed E-state index contributed by atoms with van der Waals surface area (Å²) in [5.74, 6) is -0.919. The second kappa shape index (κ2) is 6.24. The van der Waals surface area contributed by atoms with Crippen LogP contribution in [0.25, 0.3) is 0 Å². The van der Waals surface area contributed by atoms with Crippen molar-refractivity contribution in [2.24, 2.45) is 0 Å². The highest BCUT2D eigenvalue weighted by Gasteiger charge is 2.24. The maximum Gasteiger partial charge on any atom is 0.335 e. The van der Waals surface area contributed by atoms with Crippen LogP contribution in [0.2, 0.25) is 0 Å². The molecular weight excluding hydrogens is 290 g/mol. The van der Waals surface area contributed by atoms with Gasteiger partial charge in [-0.25, -0.2) is 4.79 Å². The lowest BCUT2D eigenvalue weighted by molar-refractivity contribution is 0.0696. The van der Waals surface area contributed by atoms with E-state index in [4.69, 9.17) is 5.11 Å². The number of benzene rings is 2. The summed E-state index contributed by atoms with van der Waals surface area (Å²) in [5, 5.41) is 9.07. The van der Waals surface area contributed by atoms with Crippen molar-refractivity contribution >= 4 is 11.9 Å². The molecule has 3 rings (SSSR count). The third kappa shape index (κ3) is 3.11. The molecule has 0 unspecified atom stereocenters. The first-order chi connectivity index (χ1) is 11.1. The highest BCUT2D eigenvalue weighted by molar-refractivity contribution is 5.97. The van der Waals surface area contributed by atoms with Gasteiger partial charge in [-0.15, -0.1) is 0 Å². The van der Waals surface area contributed by atoms with Crippen molar-refractivity contribution < 1.29 is 14.7 Å². The van der Waals surface area contributed by atoms with E-state index >= 15 is 0 Å². The summed E-state index contributed by atoms with van der Waals surface area (Å²) in [4.78, 5) is 25.6.